The fourth-order valence-electron chi connectivity index (χ4n) is 7.01. The number of rotatable bonds is 16. The normalized spacial score (nSPS) is 20.0. The molecule has 292 valence electrons. The Hall–Kier alpha value is -3.37. The number of hydrogen-bond acceptors (Lipinski definition) is 9. The second kappa shape index (κ2) is 24.0. The van der Waals surface area contributed by atoms with Gasteiger partial charge in [0.25, 0.3) is 0 Å². The highest BCUT2D eigenvalue weighted by Gasteiger charge is 2.26. The van der Waals surface area contributed by atoms with E-state index in [1.54, 1.807) is 0 Å². The molecule has 1 heterocycles. The van der Waals surface area contributed by atoms with Crippen LogP contribution in [0.25, 0.3) is 0 Å². The smallest absolute Gasteiger partial charge is 0.304 e. The molecule has 15 heteroatoms. The zero-order valence-corrected chi connectivity index (χ0v) is 31.4. The number of hydrogen-bond donors (Lipinski definition) is 6. The van der Waals surface area contributed by atoms with Crippen molar-refractivity contribution in [2.45, 2.75) is 95.6 Å². The summed E-state index contributed by atoms with van der Waals surface area (Å²) in [6.45, 7) is 4.73. The monoisotopic (exact) mass is 748 g/mol. The molecule has 1 atom stereocenters. The first-order valence-corrected chi connectivity index (χ1v) is 19.3. The van der Waals surface area contributed by atoms with Gasteiger partial charge in [-0.3, -0.25) is 29.0 Å². The Labute approximate surface area is 313 Å². The van der Waals surface area contributed by atoms with Crippen LogP contribution < -0.4 is 10.6 Å². The Morgan fingerprint density at radius 3 is 1.58 bits per heavy atom. The largest absolute Gasteiger partial charge is 0.481 e. The summed E-state index contributed by atoms with van der Waals surface area (Å²) < 4.78 is 0. The molecule has 1 aliphatic carbocycles. The number of aliphatic carboxylic acids is 4. The molecule has 1 aromatic carbocycles. The van der Waals surface area contributed by atoms with E-state index in [2.05, 4.69) is 20.4 Å². The zero-order chi connectivity index (χ0) is 37.7. The van der Waals surface area contributed by atoms with Gasteiger partial charge < -0.3 is 40.9 Å². The maximum absolute atomic E-state index is 11.8. The number of carboxylic acid groups (broad SMARTS) is 4. The van der Waals surface area contributed by atoms with Gasteiger partial charge in [0, 0.05) is 89.8 Å². The standard InChI is InChI=1S/C37H60N6O8S/c44-33(45)13-17-40-21-22-41(18-14-34(46)47)25-26-43(20-16-36(50)51)32(28-42(24-23-40)19-15-35(48)49)27-29-9-11-31(12-10-29)39-37(52)38-30-7-5-3-1-2-4-6-8-30/h9-12,30,32H,1-8,13-28H2,(H,44,45)(H,46,47)(H,48,49)(H,50,51)(H2,38,39,52). The third-order valence-electron chi connectivity index (χ3n) is 10.1. The minimum absolute atomic E-state index is 0.0396. The van der Waals surface area contributed by atoms with Gasteiger partial charge in [0.2, 0.25) is 0 Å². The number of carboxylic acids is 4. The van der Waals surface area contributed by atoms with Gasteiger partial charge in [-0.15, -0.1) is 0 Å². The van der Waals surface area contributed by atoms with Gasteiger partial charge in [-0.1, -0.05) is 50.7 Å². The van der Waals surface area contributed by atoms with Crippen LogP contribution in [0.3, 0.4) is 0 Å². The minimum Gasteiger partial charge on any atom is -0.481 e. The summed E-state index contributed by atoms with van der Waals surface area (Å²) in [6.07, 6.45) is 10.1. The molecule has 2 fully saturated rings. The first-order chi connectivity index (χ1) is 25.0. The lowest BCUT2D eigenvalue weighted by molar-refractivity contribution is -0.139. The highest BCUT2D eigenvalue weighted by atomic mass is 32.1. The van der Waals surface area contributed by atoms with Gasteiger partial charge in [-0.25, -0.2) is 0 Å². The van der Waals surface area contributed by atoms with Gasteiger partial charge in [0.1, 0.15) is 0 Å². The molecule has 2 aliphatic rings. The summed E-state index contributed by atoms with van der Waals surface area (Å²) >= 11 is 5.67. The quantitative estimate of drug-likeness (QED) is 0.135. The molecule has 0 spiro atoms. The molecule has 0 bridgehead atoms. The van der Waals surface area contributed by atoms with Crippen molar-refractivity contribution in [1.29, 1.82) is 0 Å². The third-order valence-corrected chi connectivity index (χ3v) is 10.3. The Morgan fingerprint density at radius 2 is 1.06 bits per heavy atom. The first kappa shape index (κ1) is 43.0. The predicted molar refractivity (Wildman–Crippen MR) is 204 cm³/mol. The number of nitrogens with one attached hydrogen (secondary N) is 2. The number of benzene rings is 1. The molecule has 0 aromatic heterocycles. The van der Waals surface area contributed by atoms with Gasteiger partial charge in [0.15, 0.2) is 5.11 Å². The molecule has 1 aromatic rings. The van der Waals surface area contributed by atoms with Crippen LogP contribution in [0, 0.1) is 0 Å². The van der Waals surface area contributed by atoms with E-state index in [9.17, 15) is 39.6 Å². The Kier molecular flexibility index (Phi) is 19.9. The van der Waals surface area contributed by atoms with Crippen LogP contribution in [-0.4, -0.2) is 153 Å². The second-order valence-electron chi connectivity index (χ2n) is 14.1. The van der Waals surface area contributed by atoms with E-state index in [1.165, 1.54) is 38.5 Å². The van der Waals surface area contributed by atoms with Crippen LogP contribution in [0.2, 0.25) is 0 Å². The molecule has 1 unspecified atom stereocenters. The SMILES string of the molecule is O=C(O)CCN1CCN(CCC(=O)O)CCN(CCC(=O)O)C(Cc2ccc(NC(=S)NC3CCCCCCCC3)cc2)CN(CCC(=O)O)CC1. The van der Waals surface area contributed by atoms with E-state index in [1.807, 2.05) is 34.1 Å². The Bertz CT molecular complexity index is 1260. The molecule has 6 N–H and O–H groups in total. The van der Waals surface area contributed by atoms with Crippen molar-refractivity contribution >= 4 is 46.9 Å². The Balaban J connectivity index is 1.81. The van der Waals surface area contributed by atoms with Gasteiger partial charge >= 0.3 is 23.9 Å². The second-order valence-corrected chi connectivity index (χ2v) is 14.6. The van der Waals surface area contributed by atoms with Crippen molar-refractivity contribution in [2.24, 2.45) is 0 Å². The highest BCUT2D eigenvalue weighted by Crippen LogP contribution is 2.19. The molecule has 1 aliphatic heterocycles. The maximum atomic E-state index is 11.8. The summed E-state index contributed by atoms with van der Waals surface area (Å²) in [4.78, 5) is 54.6. The highest BCUT2D eigenvalue weighted by molar-refractivity contribution is 7.80. The van der Waals surface area contributed by atoms with Gasteiger partial charge in [0.05, 0.1) is 25.7 Å². The number of carbonyl (C=O) groups is 4. The fraction of sp³-hybridized carbons (Fsp3) is 0.703. The van der Waals surface area contributed by atoms with Crippen molar-refractivity contribution in [3.63, 3.8) is 0 Å². The van der Waals surface area contributed by atoms with Crippen molar-refractivity contribution < 1.29 is 39.6 Å². The van der Waals surface area contributed by atoms with E-state index in [-0.39, 0.29) is 38.3 Å². The van der Waals surface area contributed by atoms with E-state index >= 15 is 0 Å². The average molecular weight is 749 g/mol. The average Bonchev–Trinajstić information content (AvgIpc) is 3.21. The van der Waals surface area contributed by atoms with Crippen molar-refractivity contribution in [3.05, 3.63) is 29.8 Å². The first-order valence-electron chi connectivity index (χ1n) is 18.9. The molecule has 14 nitrogen and oxygen atoms in total. The fourth-order valence-corrected chi connectivity index (χ4v) is 7.30. The van der Waals surface area contributed by atoms with E-state index in [0.717, 1.165) is 24.1 Å². The van der Waals surface area contributed by atoms with Gasteiger partial charge in [-0.05, 0) is 49.2 Å². The van der Waals surface area contributed by atoms with Gasteiger partial charge in [-0.2, -0.15) is 0 Å². The molecule has 3 rings (SSSR count). The lowest BCUT2D eigenvalue weighted by Crippen LogP contribution is -2.52. The maximum Gasteiger partial charge on any atom is 0.304 e. The van der Waals surface area contributed by atoms with Crippen molar-refractivity contribution in [3.8, 4) is 0 Å². The third kappa shape index (κ3) is 18.4. The summed E-state index contributed by atoms with van der Waals surface area (Å²) in [5.74, 6) is -3.65. The van der Waals surface area contributed by atoms with E-state index in [4.69, 9.17) is 12.2 Å². The summed E-state index contributed by atoms with van der Waals surface area (Å²) in [6, 6.07) is 8.23. The molecule has 0 amide bonds. The number of anilines is 1. The van der Waals surface area contributed by atoms with Crippen LogP contribution in [0.15, 0.2) is 24.3 Å². The van der Waals surface area contributed by atoms with Crippen LogP contribution in [0.4, 0.5) is 5.69 Å². The lowest BCUT2D eigenvalue weighted by atomic mass is 10.0. The minimum atomic E-state index is -0.917. The number of thiocarbonyl (C=S) groups is 1. The van der Waals surface area contributed by atoms with Crippen LogP contribution in [0.5, 0.6) is 0 Å². The van der Waals surface area contributed by atoms with Crippen LogP contribution >= 0.6 is 12.2 Å². The van der Waals surface area contributed by atoms with Crippen molar-refractivity contribution in [2.75, 3.05) is 77.3 Å². The van der Waals surface area contributed by atoms with E-state index < -0.39 is 23.9 Å². The summed E-state index contributed by atoms with van der Waals surface area (Å²) in [7, 11) is 0. The summed E-state index contributed by atoms with van der Waals surface area (Å²) in [5, 5.41) is 45.4. The Morgan fingerprint density at radius 1 is 0.615 bits per heavy atom. The molecule has 52 heavy (non-hydrogen) atoms. The lowest BCUT2D eigenvalue weighted by Gasteiger charge is -2.39. The van der Waals surface area contributed by atoms with Crippen LogP contribution in [0.1, 0.15) is 82.6 Å². The van der Waals surface area contributed by atoms with Crippen molar-refractivity contribution in [1.82, 2.24) is 24.9 Å². The molecule has 1 saturated carbocycles. The van der Waals surface area contributed by atoms with Crippen LogP contribution in [-0.2, 0) is 25.6 Å². The molecule has 0 radical (unpaired) electrons. The summed E-state index contributed by atoms with van der Waals surface area (Å²) in [5.41, 5.74) is 1.89. The van der Waals surface area contributed by atoms with E-state index in [0.29, 0.717) is 83.0 Å². The topological polar surface area (TPSA) is 186 Å². The predicted octanol–water partition coefficient (Wildman–Crippen LogP) is 3.51. The zero-order valence-electron chi connectivity index (χ0n) is 30.6. The molecular formula is C37H60N6O8S. The molecular weight excluding hydrogens is 689 g/mol. The number of nitrogens with zero attached hydrogens (tertiary/aromatic N) is 4. The molecule has 1 saturated heterocycles.